The Labute approximate surface area is 59.8 Å². The van der Waals surface area contributed by atoms with Crippen LogP contribution in [-0.4, -0.2) is 0 Å². The van der Waals surface area contributed by atoms with Crippen molar-refractivity contribution < 1.29 is 4.74 Å². The normalized spacial score (nSPS) is 15.6. The summed E-state index contributed by atoms with van der Waals surface area (Å²) in [7, 11) is 0. The van der Waals surface area contributed by atoms with Crippen LogP contribution in [0.3, 0.4) is 0 Å². The molecule has 1 N–H and O–H groups in total. The molecule has 10 heavy (non-hydrogen) atoms. The van der Waals surface area contributed by atoms with E-state index in [0.29, 0.717) is 0 Å². The van der Waals surface area contributed by atoms with E-state index in [-0.39, 0.29) is 0 Å². The van der Waals surface area contributed by atoms with Crippen LogP contribution in [0.4, 0.5) is 0 Å². The highest BCUT2D eigenvalue weighted by Crippen LogP contribution is 2.20. The molecule has 0 saturated heterocycles. The van der Waals surface area contributed by atoms with E-state index in [9.17, 15) is 0 Å². The smallest absolute Gasteiger partial charge is 0.280 e. The lowest BCUT2D eigenvalue weighted by molar-refractivity contribution is 0.338. The van der Waals surface area contributed by atoms with Crippen LogP contribution in [0.25, 0.3) is 0 Å². The molecule has 1 aromatic rings. The van der Waals surface area contributed by atoms with Crippen LogP contribution in [0, 0.1) is 6.73 Å². The van der Waals surface area contributed by atoms with Gasteiger partial charge in [0.25, 0.3) is 6.73 Å². The number of para-hydroxylation sites is 1. The fourth-order valence-electron chi connectivity index (χ4n) is 0.972. The molecule has 0 amide bonds. The van der Waals surface area contributed by atoms with Crippen LogP contribution in [0.1, 0.15) is 5.56 Å². The minimum absolute atomic E-state index is 0.816. The SMILES string of the molecule is [C]1NCc2ccccc2O1. The molecular weight excluding hydrogens is 126 g/mol. The molecule has 1 aliphatic rings. The average molecular weight is 133 g/mol. The molecule has 0 unspecified atom stereocenters. The summed E-state index contributed by atoms with van der Waals surface area (Å²) in [5, 5.41) is 2.87. The number of hydrogen-bond donors (Lipinski definition) is 1. The van der Waals surface area contributed by atoms with Gasteiger partial charge in [0.2, 0.25) is 0 Å². The highest BCUT2D eigenvalue weighted by Gasteiger charge is 2.07. The zero-order valence-electron chi connectivity index (χ0n) is 5.42. The maximum atomic E-state index is 5.06. The Balaban J connectivity index is 2.41. The molecule has 2 heteroatoms. The summed E-state index contributed by atoms with van der Waals surface area (Å²) in [6.45, 7) is 3.41. The third-order valence-electron chi connectivity index (χ3n) is 1.48. The van der Waals surface area contributed by atoms with Gasteiger partial charge in [-0.1, -0.05) is 18.2 Å². The fourth-order valence-corrected chi connectivity index (χ4v) is 0.972. The summed E-state index contributed by atoms with van der Waals surface area (Å²) in [5.74, 6) is 0.904. The lowest BCUT2D eigenvalue weighted by atomic mass is 10.2. The third-order valence-corrected chi connectivity index (χ3v) is 1.48. The fraction of sp³-hybridized carbons (Fsp3) is 0.125. The van der Waals surface area contributed by atoms with E-state index in [0.717, 1.165) is 12.3 Å². The van der Waals surface area contributed by atoms with Crippen LogP contribution >= 0.6 is 0 Å². The monoisotopic (exact) mass is 133 g/mol. The molecule has 1 aromatic carbocycles. The maximum Gasteiger partial charge on any atom is 0.280 e. The van der Waals surface area contributed by atoms with Gasteiger partial charge >= 0.3 is 0 Å². The first kappa shape index (κ1) is 5.74. The summed E-state index contributed by atoms with van der Waals surface area (Å²) in [6, 6.07) is 7.91. The van der Waals surface area contributed by atoms with Crippen molar-refractivity contribution in [2.75, 3.05) is 0 Å². The molecule has 50 valence electrons. The minimum atomic E-state index is 0.816. The van der Waals surface area contributed by atoms with Crippen molar-refractivity contribution >= 4 is 0 Å². The highest BCUT2D eigenvalue weighted by molar-refractivity contribution is 5.34. The Morgan fingerprint density at radius 3 is 3.20 bits per heavy atom. The largest absolute Gasteiger partial charge is 0.460 e. The molecule has 1 aliphatic heterocycles. The molecule has 0 aliphatic carbocycles. The second-order valence-electron chi connectivity index (χ2n) is 2.17. The predicted octanol–water partition coefficient (Wildman–Crippen LogP) is 1.16. The first-order chi connectivity index (χ1) is 4.97. The highest BCUT2D eigenvalue weighted by atomic mass is 16.5. The molecule has 0 atom stereocenters. The minimum Gasteiger partial charge on any atom is -0.460 e. The molecule has 1 heterocycles. The maximum absolute atomic E-state index is 5.06. The summed E-state index contributed by atoms with van der Waals surface area (Å²) >= 11 is 0. The van der Waals surface area contributed by atoms with Gasteiger partial charge in [0.05, 0.1) is 0 Å². The van der Waals surface area contributed by atoms with Gasteiger partial charge < -0.3 is 4.74 Å². The van der Waals surface area contributed by atoms with Crippen molar-refractivity contribution in [2.45, 2.75) is 6.54 Å². The van der Waals surface area contributed by atoms with Gasteiger partial charge in [-0.15, -0.1) is 0 Å². The Morgan fingerprint density at radius 1 is 1.40 bits per heavy atom. The zero-order valence-corrected chi connectivity index (χ0v) is 5.42. The second-order valence-corrected chi connectivity index (χ2v) is 2.17. The zero-order chi connectivity index (χ0) is 6.81. The lowest BCUT2D eigenvalue weighted by Crippen LogP contribution is -2.19. The van der Waals surface area contributed by atoms with Gasteiger partial charge in [-0.25, -0.2) is 0 Å². The number of ether oxygens (including phenoxy) is 1. The van der Waals surface area contributed by atoms with Gasteiger partial charge in [-0.3, -0.25) is 5.32 Å². The van der Waals surface area contributed by atoms with Gasteiger partial charge in [-0.2, -0.15) is 0 Å². The summed E-state index contributed by atoms with van der Waals surface area (Å²) in [5.41, 5.74) is 1.18. The number of rotatable bonds is 0. The molecule has 0 aromatic heterocycles. The van der Waals surface area contributed by atoms with Gasteiger partial charge in [0.1, 0.15) is 5.75 Å². The number of fused-ring (bicyclic) bond motifs is 1. The number of benzene rings is 1. The Kier molecular flexibility index (Phi) is 1.32. The Hall–Kier alpha value is -1.02. The standard InChI is InChI=1S/C8H7NO/c1-2-4-8-7(3-1)5-9-6-10-8/h1-4,9H,5H2. The molecule has 0 fully saturated rings. The predicted molar refractivity (Wildman–Crippen MR) is 37.2 cm³/mol. The summed E-state index contributed by atoms with van der Waals surface area (Å²) < 4.78 is 5.06. The van der Waals surface area contributed by atoms with Crippen molar-refractivity contribution in [1.82, 2.24) is 5.32 Å². The van der Waals surface area contributed by atoms with E-state index in [2.05, 4.69) is 12.0 Å². The number of nitrogens with one attached hydrogen (secondary N) is 1. The summed E-state index contributed by atoms with van der Waals surface area (Å²) in [4.78, 5) is 0. The van der Waals surface area contributed by atoms with E-state index in [4.69, 9.17) is 4.74 Å². The first-order valence-corrected chi connectivity index (χ1v) is 3.19. The van der Waals surface area contributed by atoms with Crippen molar-refractivity contribution in [3.05, 3.63) is 36.6 Å². The van der Waals surface area contributed by atoms with E-state index in [1.807, 2.05) is 24.3 Å². The Bertz CT molecular complexity index is 209. The van der Waals surface area contributed by atoms with Crippen LogP contribution in [0.2, 0.25) is 0 Å². The molecule has 0 spiro atoms. The summed E-state index contributed by atoms with van der Waals surface area (Å²) in [6.07, 6.45) is 0. The van der Waals surface area contributed by atoms with E-state index < -0.39 is 0 Å². The third kappa shape index (κ3) is 0.866. The van der Waals surface area contributed by atoms with Gasteiger partial charge in [0.15, 0.2) is 0 Å². The van der Waals surface area contributed by atoms with E-state index in [1.165, 1.54) is 5.56 Å². The second kappa shape index (κ2) is 2.31. The van der Waals surface area contributed by atoms with Crippen LogP contribution in [0.15, 0.2) is 24.3 Å². The van der Waals surface area contributed by atoms with E-state index >= 15 is 0 Å². The molecule has 2 radical (unpaired) electrons. The lowest BCUT2D eigenvalue weighted by Gasteiger charge is -2.14. The van der Waals surface area contributed by atoms with Crippen molar-refractivity contribution in [1.29, 1.82) is 0 Å². The number of hydrogen-bond acceptors (Lipinski definition) is 2. The van der Waals surface area contributed by atoms with Crippen molar-refractivity contribution in [3.63, 3.8) is 0 Å². The van der Waals surface area contributed by atoms with Crippen LogP contribution in [0.5, 0.6) is 5.75 Å². The Morgan fingerprint density at radius 2 is 2.30 bits per heavy atom. The molecule has 0 saturated carbocycles. The van der Waals surface area contributed by atoms with Crippen molar-refractivity contribution in [2.24, 2.45) is 0 Å². The molecule has 2 rings (SSSR count). The van der Waals surface area contributed by atoms with Crippen LogP contribution < -0.4 is 10.1 Å². The first-order valence-electron chi connectivity index (χ1n) is 3.19. The molecule has 2 nitrogen and oxygen atoms in total. The quantitative estimate of drug-likeness (QED) is 0.573. The molecular formula is C8H7NO. The van der Waals surface area contributed by atoms with E-state index in [1.54, 1.807) is 0 Å². The topological polar surface area (TPSA) is 21.3 Å². The van der Waals surface area contributed by atoms with Crippen LogP contribution in [-0.2, 0) is 6.54 Å². The van der Waals surface area contributed by atoms with Gasteiger partial charge in [-0.05, 0) is 6.07 Å². The van der Waals surface area contributed by atoms with Gasteiger partial charge in [0, 0.05) is 12.1 Å². The van der Waals surface area contributed by atoms with Crippen molar-refractivity contribution in [3.8, 4) is 5.75 Å². The average Bonchev–Trinajstić information content (AvgIpc) is 2.05. The molecule has 0 bridgehead atoms.